The predicted molar refractivity (Wildman–Crippen MR) is 105 cm³/mol. The third kappa shape index (κ3) is 3.71. The van der Waals surface area contributed by atoms with Crippen LogP contribution in [0, 0.1) is 0 Å². The summed E-state index contributed by atoms with van der Waals surface area (Å²) in [4.78, 5) is 29.2. The quantitative estimate of drug-likeness (QED) is 0.694. The molecule has 3 aromatic rings. The number of aryl methyl sites for hydroxylation is 1. The van der Waals surface area contributed by atoms with E-state index in [0.29, 0.717) is 5.56 Å². The molecule has 5 nitrogen and oxygen atoms in total. The maximum absolute atomic E-state index is 12.6. The minimum Gasteiger partial charge on any atom is -0.449 e. The summed E-state index contributed by atoms with van der Waals surface area (Å²) in [6, 6.07) is 13.3. The van der Waals surface area contributed by atoms with Crippen LogP contribution < -0.4 is 5.32 Å². The van der Waals surface area contributed by atoms with Crippen LogP contribution in [0.3, 0.4) is 0 Å². The van der Waals surface area contributed by atoms with E-state index in [9.17, 15) is 9.59 Å². The Balaban J connectivity index is 1.41. The number of thiazole rings is 1. The molecule has 0 unspecified atom stereocenters. The molecule has 27 heavy (non-hydrogen) atoms. The van der Waals surface area contributed by atoms with Crippen LogP contribution in [-0.2, 0) is 16.0 Å². The highest BCUT2D eigenvalue weighted by atomic mass is 32.1. The van der Waals surface area contributed by atoms with Crippen molar-refractivity contribution in [1.82, 2.24) is 10.3 Å². The number of aromatic nitrogens is 1. The highest BCUT2D eigenvalue weighted by Crippen LogP contribution is 2.29. The van der Waals surface area contributed by atoms with Crippen molar-refractivity contribution in [3.63, 3.8) is 0 Å². The summed E-state index contributed by atoms with van der Waals surface area (Å²) in [6.07, 6.45) is 2.10. The van der Waals surface area contributed by atoms with Gasteiger partial charge in [-0.2, -0.15) is 0 Å². The Kier molecular flexibility index (Phi) is 4.90. The number of amides is 1. The molecule has 0 saturated carbocycles. The molecule has 1 amide bonds. The lowest BCUT2D eigenvalue weighted by molar-refractivity contribution is -0.130. The van der Waals surface area contributed by atoms with Gasteiger partial charge in [0, 0.05) is 0 Å². The van der Waals surface area contributed by atoms with Gasteiger partial charge in [-0.3, -0.25) is 4.79 Å². The van der Waals surface area contributed by atoms with Gasteiger partial charge < -0.3 is 10.1 Å². The topological polar surface area (TPSA) is 68.3 Å². The Bertz CT molecular complexity index is 998. The number of benzene rings is 2. The lowest BCUT2D eigenvalue weighted by Gasteiger charge is -2.27. The molecule has 0 saturated heterocycles. The van der Waals surface area contributed by atoms with Crippen LogP contribution in [0.4, 0.5) is 0 Å². The van der Waals surface area contributed by atoms with Crippen molar-refractivity contribution in [2.24, 2.45) is 0 Å². The van der Waals surface area contributed by atoms with E-state index in [-0.39, 0.29) is 11.9 Å². The van der Waals surface area contributed by atoms with Crippen LogP contribution in [0.1, 0.15) is 47.3 Å². The molecular weight excluding hydrogens is 360 g/mol. The second-order valence-corrected chi connectivity index (χ2v) is 7.62. The van der Waals surface area contributed by atoms with Gasteiger partial charge in [0.1, 0.15) is 0 Å². The highest BCUT2D eigenvalue weighted by Gasteiger charge is 2.25. The van der Waals surface area contributed by atoms with Crippen molar-refractivity contribution in [1.29, 1.82) is 0 Å². The fraction of sp³-hybridized carbons (Fsp3) is 0.286. The lowest BCUT2D eigenvalue weighted by Crippen LogP contribution is -2.39. The number of nitrogens with zero attached hydrogens (tertiary/aromatic N) is 1. The van der Waals surface area contributed by atoms with E-state index in [1.807, 2.05) is 12.1 Å². The summed E-state index contributed by atoms with van der Waals surface area (Å²) >= 11 is 1.46. The summed E-state index contributed by atoms with van der Waals surface area (Å²) in [5.41, 5.74) is 5.44. The Morgan fingerprint density at radius 2 is 2.11 bits per heavy atom. The summed E-state index contributed by atoms with van der Waals surface area (Å²) in [5, 5.41) is 3.03. The molecule has 1 aliphatic carbocycles. The smallest absolute Gasteiger partial charge is 0.338 e. The number of fused-ring (bicyclic) bond motifs is 2. The van der Waals surface area contributed by atoms with Crippen molar-refractivity contribution in [2.45, 2.75) is 38.3 Å². The lowest BCUT2D eigenvalue weighted by atomic mass is 9.87. The molecular formula is C21H20N2O3S. The molecule has 0 aliphatic heterocycles. The average Bonchev–Trinajstić information content (AvgIpc) is 3.16. The molecule has 1 heterocycles. The van der Waals surface area contributed by atoms with Crippen LogP contribution in [0.2, 0.25) is 0 Å². The maximum atomic E-state index is 12.6. The minimum atomic E-state index is -0.858. The van der Waals surface area contributed by atoms with E-state index in [1.54, 1.807) is 30.6 Å². The molecule has 2 atom stereocenters. The number of rotatable bonds is 4. The van der Waals surface area contributed by atoms with Crippen molar-refractivity contribution >= 4 is 33.4 Å². The van der Waals surface area contributed by atoms with Gasteiger partial charge in [-0.05, 0) is 55.5 Å². The van der Waals surface area contributed by atoms with E-state index in [2.05, 4.69) is 22.4 Å². The number of hydrogen-bond acceptors (Lipinski definition) is 5. The SMILES string of the molecule is C[C@@H](OC(=O)c1ccc2ncsc2c1)C(=O)N[C@H]1CCCc2ccccc21. The zero-order valence-corrected chi connectivity index (χ0v) is 15.8. The molecule has 138 valence electrons. The average molecular weight is 380 g/mol. The van der Waals surface area contributed by atoms with Gasteiger partial charge in [-0.1, -0.05) is 24.3 Å². The number of nitrogens with one attached hydrogen (secondary N) is 1. The summed E-state index contributed by atoms with van der Waals surface area (Å²) < 4.78 is 6.30. The van der Waals surface area contributed by atoms with Gasteiger partial charge in [0.25, 0.3) is 5.91 Å². The summed E-state index contributed by atoms with van der Waals surface area (Å²) in [7, 11) is 0. The van der Waals surface area contributed by atoms with Gasteiger partial charge in [-0.15, -0.1) is 11.3 Å². The molecule has 0 radical (unpaired) electrons. The maximum Gasteiger partial charge on any atom is 0.338 e. The van der Waals surface area contributed by atoms with Crippen LogP contribution in [0.25, 0.3) is 10.2 Å². The molecule has 6 heteroatoms. The van der Waals surface area contributed by atoms with E-state index in [1.165, 1.54) is 16.9 Å². The van der Waals surface area contributed by atoms with E-state index < -0.39 is 12.1 Å². The van der Waals surface area contributed by atoms with Crippen LogP contribution >= 0.6 is 11.3 Å². The first-order valence-electron chi connectivity index (χ1n) is 9.04. The second-order valence-electron chi connectivity index (χ2n) is 6.73. The van der Waals surface area contributed by atoms with Crippen LogP contribution in [0.15, 0.2) is 48.0 Å². The predicted octanol–water partition coefficient (Wildman–Crippen LogP) is 4.04. The first kappa shape index (κ1) is 17.7. The number of carbonyl (C=O) groups excluding carboxylic acids is 2. The molecule has 4 rings (SSSR count). The summed E-state index contributed by atoms with van der Waals surface area (Å²) in [6.45, 7) is 1.60. The van der Waals surface area contributed by atoms with Crippen molar-refractivity contribution in [3.05, 3.63) is 64.7 Å². The Labute approximate surface area is 161 Å². The van der Waals surface area contributed by atoms with Crippen molar-refractivity contribution in [3.8, 4) is 0 Å². The van der Waals surface area contributed by atoms with Gasteiger partial charge in [0.05, 0.1) is 27.3 Å². The van der Waals surface area contributed by atoms with E-state index in [4.69, 9.17) is 4.74 Å². The first-order chi connectivity index (χ1) is 13.1. The molecule has 2 aromatic carbocycles. The molecule has 1 aromatic heterocycles. The normalized spacial score (nSPS) is 17.1. The molecule has 0 fully saturated rings. The monoisotopic (exact) mass is 380 g/mol. The molecule has 1 aliphatic rings. The van der Waals surface area contributed by atoms with Gasteiger partial charge in [0.2, 0.25) is 0 Å². The number of carbonyl (C=O) groups is 2. The fourth-order valence-corrected chi connectivity index (χ4v) is 4.17. The zero-order valence-electron chi connectivity index (χ0n) is 15.0. The Hall–Kier alpha value is -2.73. The third-order valence-corrected chi connectivity index (χ3v) is 5.70. The molecule has 0 spiro atoms. The fourth-order valence-electron chi connectivity index (χ4n) is 3.46. The van der Waals surface area contributed by atoms with Crippen molar-refractivity contribution in [2.75, 3.05) is 0 Å². The van der Waals surface area contributed by atoms with Crippen LogP contribution in [-0.4, -0.2) is 23.0 Å². The minimum absolute atomic E-state index is 0.0304. The van der Waals surface area contributed by atoms with Gasteiger partial charge in [-0.25, -0.2) is 9.78 Å². The Morgan fingerprint density at radius 3 is 3.00 bits per heavy atom. The number of ether oxygens (including phenoxy) is 1. The van der Waals surface area contributed by atoms with Gasteiger partial charge >= 0.3 is 5.97 Å². The third-order valence-electron chi connectivity index (χ3n) is 4.91. The number of hydrogen-bond donors (Lipinski definition) is 1. The first-order valence-corrected chi connectivity index (χ1v) is 9.92. The van der Waals surface area contributed by atoms with Gasteiger partial charge in [0.15, 0.2) is 6.10 Å². The second kappa shape index (κ2) is 7.48. The van der Waals surface area contributed by atoms with Crippen LogP contribution in [0.5, 0.6) is 0 Å². The number of esters is 1. The zero-order chi connectivity index (χ0) is 18.8. The molecule has 1 N–H and O–H groups in total. The van der Waals surface area contributed by atoms with E-state index >= 15 is 0 Å². The van der Waals surface area contributed by atoms with E-state index in [0.717, 1.165) is 35.0 Å². The highest BCUT2D eigenvalue weighted by molar-refractivity contribution is 7.16. The Morgan fingerprint density at radius 1 is 1.26 bits per heavy atom. The standard InChI is InChI=1S/C21H20N2O3S/c1-13(26-21(25)15-9-10-18-19(11-15)27-12-22-18)20(24)23-17-8-4-6-14-5-2-3-7-16(14)17/h2-3,5,7,9-13,17H,4,6,8H2,1H3,(H,23,24)/t13-,17+/m1/s1. The largest absolute Gasteiger partial charge is 0.449 e. The summed E-state index contributed by atoms with van der Waals surface area (Å²) in [5.74, 6) is -0.777. The molecule has 0 bridgehead atoms. The van der Waals surface area contributed by atoms with Crippen molar-refractivity contribution < 1.29 is 14.3 Å².